The monoisotopic (exact) mass is 772 g/mol. The SMILES string of the molecule is CC(=O)NC(CCC(=O)NCCOCCOCC(=O)NCCOCCOCC(=O)NCCn1cc(CCOC(=O)NCCCCC(C)(C)C)nn1)C(=O)O. The first-order valence-corrected chi connectivity index (χ1v) is 18.2. The minimum absolute atomic E-state index is 0.0314. The molecule has 1 aromatic heterocycles. The van der Waals surface area contributed by atoms with Gasteiger partial charge in [-0.15, -0.1) is 5.10 Å². The maximum absolute atomic E-state index is 12.0. The van der Waals surface area contributed by atoms with E-state index >= 15 is 0 Å². The van der Waals surface area contributed by atoms with Crippen molar-refractivity contribution < 1.29 is 57.6 Å². The summed E-state index contributed by atoms with van der Waals surface area (Å²) >= 11 is 0. The number of alkyl carbamates (subject to hydrolysis) is 1. The van der Waals surface area contributed by atoms with Crippen LogP contribution in [-0.4, -0.2) is 147 Å². The number of nitrogens with zero attached hydrogens (tertiary/aromatic N) is 3. The molecule has 5 amide bonds. The van der Waals surface area contributed by atoms with Crippen molar-refractivity contribution in [2.45, 2.75) is 78.8 Å². The maximum atomic E-state index is 12.0. The Labute approximate surface area is 316 Å². The third kappa shape index (κ3) is 28.1. The molecule has 0 saturated carbocycles. The first-order valence-electron chi connectivity index (χ1n) is 18.2. The maximum Gasteiger partial charge on any atom is 0.407 e. The second kappa shape index (κ2) is 29.0. The van der Waals surface area contributed by atoms with Crippen molar-refractivity contribution in [3.8, 4) is 0 Å². The van der Waals surface area contributed by atoms with Gasteiger partial charge in [-0.1, -0.05) is 32.4 Å². The first kappa shape index (κ1) is 47.6. The highest BCUT2D eigenvalue weighted by Crippen LogP contribution is 2.21. The molecule has 0 aliphatic rings. The fourth-order valence-electron chi connectivity index (χ4n) is 4.41. The van der Waals surface area contributed by atoms with Crippen LogP contribution in [0.15, 0.2) is 6.20 Å². The van der Waals surface area contributed by atoms with E-state index in [-0.39, 0.29) is 109 Å². The highest BCUT2D eigenvalue weighted by atomic mass is 16.5. The van der Waals surface area contributed by atoms with Gasteiger partial charge in [-0.2, -0.15) is 0 Å². The summed E-state index contributed by atoms with van der Waals surface area (Å²) in [6.07, 6.45) is 4.67. The third-order valence-electron chi connectivity index (χ3n) is 7.15. The van der Waals surface area contributed by atoms with E-state index in [1.807, 2.05) is 0 Å². The van der Waals surface area contributed by atoms with E-state index in [4.69, 9.17) is 28.8 Å². The molecule has 0 fully saturated rings. The van der Waals surface area contributed by atoms with Gasteiger partial charge in [0, 0.05) is 52.1 Å². The van der Waals surface area contributed by atoms with Gasteiger partial charge in [-0.3, -0.25) is 23.9 Å². The lowest BCUT2D eigenvalue weighted by atomic mass is 9.90. The number of carboxylic acids is 1. The smallest absolute Gasteiger partial charge is 0.407 e. The fourth-order valence-corrected chi connectivity index (χ4v) is 4.41. The van der Waals surface area contributed by atoms with Crippen LogP contribution in [0, 0.1) is 5.41 Å². The topological polar surface area (TPSA) is 260 Å². The number of ether oxygens (including phenoxy) is 5. The average molecular weight is 773 g/mol. The van der Waals surface area contributed by atoms with Crippen molar-refractivity contribution in [3.05, 3.63) is 11.9 Å². The molecule has 1 rings (SSSR count). The highest BCUT2D eigenvalue weighted by Gasteiger charge is 2.19. The van der Waals surface area contributed by atoms with Crippen molar-refractivity contribution in [1.29, 1.82) is 0 Å². The molecule has 0 radical (unpaired) electrons. The van der Waals surface area contributed by atoms with E-state index in [0.29, 0.717) is 31.7 Å². The van der Waals surface area contributed by atoms with Crippen LogP contribution in [0.25, 0.3) is 0 Å². The minimum Gasteiger partial charge on any atom is -0.480 e. The molecule has 20 nitrogen and oxygen atoms in total. The van der Waals surface area contributed by atoms with Gasteiger partial charge < -0.3 is 55.4 Å². The van der Waals surface area contributed by atoms with Gasteiger partial charge in [0.05, 0.1) is 58.5 Å². The number of carboxylic acid groups (broad SMARTS) is 1. The standard InChI is InChI=1S/C34H60N8O12/c1-26(43)39-28(32(47)48)7-8-29(44)36-13-17-50-19-22-53-25-31(46)37-14-18-51-20-21-52-24-30(45)35-12-15-42-23-27(40-41-42)9-16-54-33(49)38-11-6-5-10-34(2,3)4/h23,28H,5-22,24-25H2,1-4H3,(H,35,45)(H,36,44)(H,37,46)(H,38,49)(H,39,43)(H,47,48). The van der Waals surface area contributed by atoms with E-state index in [1.165, 1.54) is 6.92 Å². The summed E-state index contributed by atoms with van der Waals surface area (Å²) in [5.74, 6) is -2.68. The number of aliphatic carboxylic acids is 1. The molecule has 1 unspecified atom stereocenters. The van der Waals surface area contributed by atoms with Crippen LogP contribution in [0.4, 0.5) is 4.79 Å². The Kier molecular flexibility index (Phi) is 25.6. The molecule has 0 saturated heterocycles. The van der Waals surface area contributed by atoms with E-state index in [0.717, 1.165) is 19.3 Å². The van der Waals surface area contributed by atoms with Gasteiger partial charge in [-0.25, -0.2) is 9.59 Å². The molecule has 0 bridgehead atoms. The molecule has 1 heterocycles. The molecular weight excluding hydrogens is 712 g/mol. The van der Waals surface area contributed by atoms with Crippen molar-refractivity contribution in [3.63, 3.8) is 0 Å². The van der Waals surface area contributed by atoms with Crippen LogP contribution in [0.3, 0.4) is 0 Å². The van der Waals surface area contributed by atoms with Gasteiger partial charge in [-0.05, 0) is 24.7 Å². The number of carbonyl (C=O) groups excluding carboxylic acids is 5. The molecule has 54 heavy (non-hydrogen) atoms. The highest BCUT2D eigenvalue weighted by molar-refractivity contribution is 5.83. The normalized spacial score (nSPS) is 11.7. The fraction of sp³-hybridized carbons (Fsp3) is 0.765. The van der Waals surface area contributed by atoms with Crippen LogP contribution in [-0.2, 0) is 60.6 Å². The van der Waals surface area contributed by atoms with Gasteiger partial charge in [0.2, 0.25) is 23.6 Å². The summed E-state index contributed by atoms with van der Waals surface area (Å²) in [6, 6.07) is -1.13. The zero-order valence-corrected chi connectivity index (χ0v) is 32.1. The van der Waals surface area contributed by atoms with Crippen molar-refractivity contribution in [1.82, 2.24) is 41.6 Å². The Morgan fingerprint density at radius 1 is 0.759 bits per heavy atom. The van der Waals surface area contributed by atoms with Crippen LogP contribution in [0.1, 0.15) is 65.5 Å². The molecule has 6 N–H and O–H groups in total. The molecule has 1 aromatic rings. The first-order chi connectivity index (χ1) is 25.7. The molecule has 0 aromatic carbocycles. The lowest BCUT2D eigenvalue weighted by molar-refractivity contribution is -0.142. The van der Waals surface area contributed by atoms with Crippen LogP contribution in [0.5, 0.6) is 0 Å². The number of aromatic nitrogens is 3. The minimum atomic E-state index is -1.21. The Balaban J connectivity index is 1.92. The molecule has 20 heteroatoms. The van der Waals surface area contributed by atoms with E-state index in [9.17, 15) is 28.8 Å². The second-order valence-electron chi connectivity index (χ2n) is 13.3. The molecule has 308 valence electrons. The summed E-state index contributed by atoms with van der Waals surface area (Å²) in [5.41, 5.74) is 0.959. The van der Waals surface area contributed by atoms with Crippen molar-refractivity contribution in [2.75, 3.05) is 85.6 Å². The molecule has 0 spiro atoms. The number of hydrogen-bond donors (Lipinski definition) is 6. The number of amides is 5. The van der Waals surface area contributed by atoms with Crippen LogP contribution in [0.2, 0.25) is 0 Å². The van der Waals surface area contributed by atoms with Crippen LogP contribution >= 0.6 is 0 Å². The van der Waals surface area contributed by atoms with Crippen LogP contribution < -0.4 is 26.6 Å². The van der Waals surface area contributed by atoms with E-state index in [2.05, 4.69) is 57.7 Å². The van der Waals surface area contributed by atoms with Gasteiger partial charge in [0.1, 0.15) is 19.3 Å². The van der Waals surface area contributed by atoms with Gasteiger partial charge >= 0.3 is 12.1 Å². The quantitative estimate of drug-likeness (QED) is 0.0523. The lowest BCUT2D eigenvalue weighted by Gasteiger charge is -2.17. The summed E-state index contributed by atoms with van der Waals surface area (Å²) in [7, 11) is 0. The lowest BCUT2D eigenvalue weighted by Crippen LogP contribution is -2.40. The Morgan fingerprint density at radius 2 is 1.35 bits per heavy atom. The predicted molar refractivity (Wildman–Crippen MR) is 193 cm³/mol. The Morgan fingerprint density at radius 3 is 1.94 bits per heavy atom. The van der Waals surface area contributed by atoms with Gasteiger partial charge in [0.25, 0.3) is 0 Å². The van der Waals surface area contributed by atoms with E-state index < -0.39 is 24.0 Å². The number of carbonyl (C=O) groups is 6. The molecule has 1 atom stereocenters. The number of unbranched alkanes of at least 4 members (excludes halogenated alkanes) is 1. The Bertz CT molecular complexity index is 1260. The Hall–Kier alpha value is -4.40. The predicted octanol–water partition coefficient (Wildman–Crippen LogP) is -0.452. The van der Waals surface area contributed by atoms with Gasteiger partial charge in [0.15, 0.2) is 0 Å². The third-order valence-corrected chi connectivity index (χ3v) is 7.15. The average Bonchev–Trinajstić information content (AvgIpc) is 3.55. The summed E-state index contributed by atoms with van der Waals surface area (Å²) in [4.78, 5) is 69.6. The zero-order valence-electron chi connectivity index (χ0n) is 32.1. The largest absolute Gasteiger partial charge is 0.480 e. The zero-order chi connectivity index (χ0) is 40.0. The molecular formula is C34H60N8O12. The molecule has 0 aliphatic carbocycles. The van der Waals surface area contributed by atoms with Crippen molar-refractivity contribution in [2.24, 2.45) is 5.41 Å². The molecule has 0 aliphatic heterocycles. The number of rotatable bonds is 31. The van der Waals surface area contributed by atoms with E-state index in [1.54, 1.807) is 10.9 Å². The number of hydrogen-bond acceptors (Lipinski definition) is 13. The number of nitrogens with one attached hydrogen (secondary N) is 5. The second-order valence-corrected chi connectivity index (χ2v) is 13.3. The summed E-state index contributed by atoms with van der Waals surface area (Å²) < 4.78 is 28.0. The summed E-state index contributed by atoms with van der Waals surface area (Å²) in [5, 5.41) is 30.1. The summed E-state index contributed by atoms with van der Waals surface area (Å²) in [6.45, 7) is 10.7. The van der Waals surface area contributed by atoms with Crippen molar-refractivity contribution >= 4 is 35.7 Å².